The predicted octanol–water partition coefficient (Wildman–Crippen LogP) is 4.46. The smallest absolute Gasteiger partial charge is 0.230 e. The van der Waals surface area contributed by atoms with E-state index in [1.165, 1.54) is 17.3 Å². The minimum atomic E-state index is 0.0560. The molecule has 128 valence electrons. The third kappa shape index (κ3) is 5.33. The number of hydrogen-bond acceptors (Lipinski definition) is 3. The molecular weight excluding hydrogens is 328 g/mol. The summed E-state index contributed by atoms with van der Waals surface area (Å²) >= 11 is 1.48. The Morgan fingerprint density at radius 1 is 1.04 bits per heavy atom. The highest BCUT2D eigenvalue weighted by molar-refractivity contribution is 7.99. The van der Waals surface area contributed by atoms with Gasteiger partial charge in [-0.3, -0.25) is 4.79 Å². The Morgan fingerprint density at radius 2 is 1.80 bits per heavy atom. The molecule has 0 saturated carbocycles. The van der Waals surface area contributed by atoms with Gasteiger partial charge < -0.3 is 5.32 Å². The fraction of sp³-hybridized carbons (Fsp3) is 0.238. The van der Waals surface area contributed by atoms with Crippen molar-refractivity contribution >= 4 is 28.6 Å². The van der Waals surface area contributed by atoms with Crippen LogP contribution in [-0.4, -0.2) is 22.7 Å². The average Bonchev–Trinajstić information content (AvgIpc) is 2.65. The maximum atomic E-state index is 12.1. The molecule has 0 radical (unpaired) electrons. The Bertz CT molecular complexity index is 835. The Labute approximate surface area is 152 Å². The number of amides is 1. The zero-order valence-corrected chi connectivity index (χ0v) is 15.1. The lowest BCUT2D eigenvalue weighted by molar-refractivity contribution is -0.119. The van der Waals surface area contributed by atoms with Gasteiger partial charge in [0.15, 0.2) is 0 Å². The average molecular weight is 350 g/mol. The van der Waals surface area contributed by atoms with E-state index in [9.17, 15) is 4.79 Å². The molecule has 1 heterocycles. The van der Waals surface area contributed by atoms with Crippen molar-refractivity contribution in [2.75, 3.05) is 5.75 Å². The first kappa shape index (κ1) is 17.5. The van der Waals surface area contributed by atoms with Crippen LogP contribution < -0.4 is 5.32 Å². The van der Waals surface area contributed by atoms with Gasteiger partial charge in [0.2, 0.25) is 5.91 Å². The summed E-state index contributed by atoms with van der Waals surface area (Å²) in [5.41, 5.74) is 2.27. The highest BCUT2D eigenvalue weighted by Crippen LogP contribution is 2.19. The van der Waals surface area contributed by atoms with Crippen molar-refractivity contribution in [1.82, 2.24) is 10.3 Å². The van der Waals surface area contributed by atoms with Crippen LogP contribution in [0.1, 0.15) is 18.9 Å². The second-order valence-electron chi connectivity index (χ2n) is 6.12. The number of para-hydroxylation sites is 1. The van der Waals surface area contributed by atoms with E-state index in [-0.39, 0.29) is 11.9 Å². The molecular formula is C21H22N2OS. The summed E-state index contributed by atoms with van der Waals surface area (Å²) in [5.74, 6) is 0.446. The summed E-state index contributed by atoms with van der Waals surface area (Å²) in [6, 6.07) is 22.5. The van der Waals surface area contributed by atoms with Crippen molar-refractivity contribution in [3.05, 3.63) is 72.3 Å². The number of benzene rings is 2. The number of nitrogens with one attached hydrogen (secondary N) is 1. The number of aromatic nitrogens is 1. The van der Waals surface area contributed by atoms with Gasteiger partial charge in [0.1, 0.15) is 0 Å². The molecule has 0 aliphatic heterocycles. The first-order valence-electron chi connectivity index (χ1n) is 8.52. The minimum Gasteiger partial charge on any atom is -0.353 e. The lowest BCUT2D eigenvalue weighted by atomic mass is 10.1. The maximum absolute atomic E-state index is 12.1. The Balaban J connectivity index is 1.45. The highest BCUT2D eigenvalue weighted by atomic mass is 32.2. The summed E-state index contributed by atoms with van der Waals surface area (Å²) in [6.45, 7) is 2.06. The molecule has 1 atom stereocenters. The number of carbonyl (C=O) groups excluding carboxylic acids is 1. The number of pyridine rings is 1. The van der Waals surface area contributed by atoms with Crippen molar-refractivity contribution in [2.45, 2.75) is 30.8 Å². The number of hydrogen-bond donors (Lipinski definition) is 1. The number of thioether (sulfide) groups is 1. The third-order valence-electron chi connectivity index (χ3n) is 4.04. The summed E-state index contributed by atoms with van der Waals surface area (Å²) in [7, 11) is 0. The van der Waals surface area contributed by atoms with Crippen LogP contribution in [0.25, 0.3) is 10.9 Å². The van der Waals surface area contributed by atoms with Crippen LogP contribution in [-0.2, 0) is 11.2 Å². The van der Waals surface area contributed by atoms with Crippen molar-refractivity contribution in [3.8, 4) is 0 Å². The number of fused-ring (bicyclic) bond motifs is 1. The van der Waals surface area contributed by atoms with E-state index in [0.29, 0.717) is 5.75 Å². The molecule has 3 aromatic rings. The minimum absolute atomic E-state index is 0.0560. The largest absolute Gasteiger partial charge is 0.353 e. The van der Waals surface area contributed by atoms with Crippen LogP contribution in [0.2, 0.25) is 0 Å². The van der Waals surface area contributed by atoms with E-state index in [1.807, 2.05) is 54.6 Å². The second kappa shape index (κ2) is 8.67. The zero-order valence-electron chi connectivity index (χ0n) is 14.3. The molecule has 0 unspecified atom stereocenters. The quantitative estimate of drug-likeness (QED) is 0.640. The van der Waals surface area contributed by atoms with E-state index in [2.05, 4.69) is 29.4 Å². The second-order valence-corrected chi connectivity index (χ2v) is 7.12. The van der Waals surface area contributed by atoms with E-state index < -0.39 is 0 Å². The van der Waals surface area contributed by atoms with E-state index in [1.54, 1.807) is 0 Å². The van der Waals surface area contributed by atoms with Gasteiger partial charge >= 0.3 is 0 Å². The van der Waals surface area contributed by atoms with E-state index in [4.69, 9.17) is 0 Å². The Morgan fingerprint density at radius 3 is 2.64 bits per heavy atom. The highest BCUT2D eigenvalue weighted by Gasteiger charge is 2.09. The van der Waals surface area contributed by atoms with Crippen LogP contribution in [0.15, 0.2) is 71.8 Å². The lowest BCUT2D eigenvalue weighted by Crippen LogP contribution is -2.34. The van der Waals surface area contributed by atoms with Gasteiger partial charge in [0, 0.05) is 11.4 Å². The van der Waals surface area contributed by atoms with E-state index >= 15 is 0 Å². The maximum Gasteiger partial charge on any atom is 0.230 e. The van der Waals surface area contributed by atoms with Gasteiger partial charge in [-0.25, -0.2) is 4.98 Å². The molecule has 0 bridgehead atoms. The molecule has 2 aromatic carbocycles. The van der Waals surface area contributed by atoms with Crippen LogP contribution in [0.3, 0.4) is 0 Å². The van der Waals surface area contributed by atoms with Gasteiger partial charge in [-0.15, -0.1) is 0 Å². The number of carbonyl (C=O) groups is 1. The molecule has 0 aliphatic rings. The number of aryl methyl sites for hydroxylation is 1. The van der Waals surface area contributed by atoms with Crippen molar-refractivity contribution in [3.63, 3.8) is 0 Å². The van der Waals surface area contributed by atoms with E-state index in [0.717, 1.165) is 28.8 Å². The van der Waals surface area contributed by atoms with Gasteiger partial charge in [-0.2, -0.15) is 0 Å². The third-order valence-corrected chi connectivity index (χ3v) is 4.97. The molecule has 3 rings (SSSR count). The summed E-state index contributed by atoms with van der Waals surface area (Å²) in [6.07, 6.45) is 1.91. The fourth-order valence-electron chi connectivity index (χ4n) is 2.68. The number of nitrogens with zero attached hydrogens (tertiary/aromatic N) is 1. The monoisotopic (exact) mass is 350 g/mol. The zero-order chi connectivity index (χ0) is 17.5. The summed E-state index contributed by atoms with van der Waals surface area (Å²) < 4.78 is 0. The first-order valence-corrected chi connectivity index (χ1v) is 9.51. The SMILES string of the molecule is C[C@@H](CCc1ccccc1)NC(=O)CSc1ccc2ccccc2n1. The van der Waals surface area contributed by atoms with Crippen molar-refractivity contribution in [1.29, 1.82) is 0 Å². The molecule has 0 saturated heterocycles. The van der Waals surface area contributed by atoms with Crippen LogP contribution in [0, 0.1) is 0 Å². The van der Waals surface area contributed by atoms with Gasteiger partial charge in [0.25, 0.3) is 0 Å². The molecule has 1 amide bonds. The molecule has 0 fully saturated rings. The Kier molecular flexibility index (Phi) is 6.07. The number of rotatable bonds is 7. The van der Waals surface area contributed by atoms with Gasteiger partial charge in [-0.1, -0.05) is 66.4 Å². The molecule has 25 heavy (non-hydrogen) atoms. The summed E-state index contributed by atoms with van der Waals surface area (Å²) in [5, 5.41) is 5.07. The Hall–Kier alpha value is -2.33. The molecule has 4 heteroatoms. The molecule has 0 aliphatic carbocycles. The molecule has 1 aromatic heterocycles. The molecule has 0 spiro atoms. The molecule has 3 nitrogen and oxygen atoms in total. The predicted molar refractivity (Wildman–Crippen MR) is 105 cm³/mol. The topological polar surface area (TPSA) is 42.0 Å². The van der Waals surface area contributed by atoms with Crippen molar-refractivity contribution < 1.29 is 4.79 Å². The van der Waals surface area contributed by atoms with Gasteiger partial charge in [-0.05, 0) is 37.5 Å². The van der Waals surface area contributed by atoms with Crippen LogP contribution in [0.4, 0.5) is 0 Å². The molecule has 1 N–H and O–H groups in total. The van der Waals surface area contributed by atoms with Crippen molar-refractivity contribution in [2.24, 2.45) is 0 Å². The standard InChI is InChI=1S/C21H22N2OS/c1-16(11-12-17-7-3-2-4-8-17)22-20(24)15-25-21-14-13-18-9-5-6-10-19(18)23-21/h2-10,13-14,16H,11-12,15H2,1H3,(H,22,24)/t16-/m0/s1. The van der Waals surface area contributed by atoms with Gasteiger partial charge in [0.05, 0.1) is 16.3 Å². The normalized spacial score (nSPS) is 12.0. The first-order chi connectivity index (χ1) is 12.2. The van der Waals surface area contributed by atoms with Crippen LogP contribution in [0.5, 0.6) is 0 Å². The summed E-state index contributed by atoms with van der Waals surface area (Å²) in [4.78, 5) is 16.7. The fourth-order valence-corrected chi connectivity index (χ4v) is 3.37. The lowest BCUT2D eigenvalue weighted by Gasteiger charge is -2.13. The van der Waals surface area contributed by atoms with Crippen LogP contribution >= 0.6 is 11.8 Å².